The van der Waals surface area contributed by atoms with E-state index in [1.54, 1.807) is 13.1 Å². The molecule has 3 aromatic rings. The van der Waals surface area contributed by atoms with E-state index in [1.165, 1.54) is 4.90 Å². The minimum atomic E-state index is -0.711. The molecule has 27 heavy (non-hydrogen) atoms. The fraction of sp³-hybridized carbons (Fsp3) is 0.211. The molecule has 0 N–H and O–H groups in total. The number of carbonyl (C=O) groups excluding carboxylic acids is 1. The molecule has 1 aliphatic rings. The van der Waals surface area contributed by atoms with Crippen molar-refractivity contribution in [3.63, 3.8) is 0 Å². The van der Waals surface area contributed by atoms with Gasteiger partial charge in [-0.2, -0.15) is 4.98 Å². The van der Waals surface area contributed by atoms with Crippen LogP contribution < -0.4 is 9.47 Å². The zero-order valence-corrected chi connectivity index (χ0v) is 16.0. The van der Waals surface area contributed by atoms with Crippen molar-refractivity contribution in [1.29, 1.82) is 0 Å². The highest BCUT2D eigenvalue weighted by atomic mass is 79.9. The molecule has 0 saturated heterocycles. The maximum Gasteiger partial charge on any atom is 0.267 e. The molecular weight excluding hydrogens is 414 g/mol. The van der Waals surface area contributed by atoms with E-state index in [0.29, 0.717) is 23.2 Å². The summed E-state index contributed by atoms with van der Waals surface area (Å²) in [6, 6.07) is 14.9. The van der Waals surface area contributed by atoms with Crippen molar-refractivity contribution in [2.24, 2.45) is 0 Å². The minimum Gasteiger partial charge on any atom is -0.485 e. The monoisotopic (exact) mass is 429 g/mol. The number of fused-ring (bicyclic) bond motifs is 1. The van der Waals surface area contributed by atoms with Gasteiger partial charge in [-0.25, -0.2) is 0 Å². The maximum atomic E-state index is 12.7. The molecule has 0 fully saturated rings. The Balaban J connectivity index is 1.42. The molecule has 8 heteroatoms. The normalized spacial score (nSPS) is 15.4. The number of ether oxygens (including phenoxy) is 2. The van der Waals surface area contributed by atoms with Gasteiger partial charge in [0, 0.05) is 17.1 Å². The Hall–Kier alpha value is -2.87. The molecule has 0 aliphatic carbocycles. The highest BCUT2D eigenvalue weighted by molar-refractivity contribution is 9.10. The summed E-state index contributed by atoms with van der Waals surface area (Å²) in [5.41, 5.74) is 0.828. The fourth-order valence-electron chi connectivity index (χ4n) is 2.73. The SMILES string of the molecule is CN(Cc1nc(-c2cccc(Br)c2)no1)C(=O)[C@@H]1COc2ccccc2O1. The van der Waals surface area contributed by atoms with Gasteiger partial charge in [0.15, 0.2) is 11.5 Å². The van der Waals surface area contributed by atoms with Crippen LogP contribution in [0.2, 0.25) is 0 Å². The van der Waals surface area contributed by atoms with Crippen LogP contribution in [0, 0.1) is 0 Å². The molecule has 1 aromatic heterocycles. The minimum absolute atomic E-state index is 0.160. The predicted molar refractivity (Wildman–Crippen MR) is 100 cm³/mol. The van der Waals surface area contributed by atoms with Crippen molar-refractivity contribution in [3.8, 4) is 22.9 Å². The van der Waals surface area contributed by atoms with Crippen LogP contribution in [0.25, 0.3) is 11.4 Å². The summed E-state index contributed by atoms with van der Waals surface area (Å²) < 4.78 is 17.6. The lowest BCUT2D eigenvalue weighted by atomic mass is 10.2. The maximum absolute atomic E-state index is 12.7. The van der Waals surface area contributed by atoms with E-state index >= 15 is 0 Å². The third-order valence-electron chi connectivity index (χ3n) is 4.08. The van der Waals surface area contributed by atoms with Gasteiger partial charge in [-0.3, -0.25) is 4.79 Å². The Labute approximate surface area is 164 Å². The summed E-state index contributed by atoms with van der Waals surface area (Å²) in [6.07, 6.45) is -0.711. The van der Waals surface area contributed by atoms with Crippen molar-refractivity contribution in [2.45, 2.75) is 12.6 Å². The number of benzene rings is 2. The lowest BCUT2D eigenvalue weighted by molar-refractivity contribution is -0.140. The lowest BCUT2D eigenvalue weighted by Gasteiger charge is -2.28. The number of para-hydroxylation sites is 2. The van der Waals surface area contributed by atoms with Crippen LogP contribution in [0.15, 0.2) is 57.5 Å². The molecule has 0 radical (unpaired) electrons. The average Bonchev–Trinajstić information content (AvgIpc) is 3.15. The number of halogens is 1. The first kappa shape index (κ1) is 17.5. The summed E-state index contributed by atoms with van der Waals surface area (Å²) in [4.78, 5) is 18.5. The number of carbonyl (C=O) groups is 1. The van der Waals surface area contributed by atoms with E-state index in [1.807, 2.05) is 42.5 Å². The Morgan fingerprint density at radius 3 is 2.85 bits per heavy atom. The van der Waals surface area contributed by atoms with E-state index in [2.05, 4.69) is 26.1 Å². The Bertz CT molecular complexity index is 975. The summed E-state index contributed by atoms with van der Waals surface area (Å²) in [6.45, 7) is 0.342. The number of hydrogen-bond donors (Lipinski definition) is 0. The molecule has 0 spiro atoms. The number of nitrogens with zero attached hydrogens (tertiary/aromatic N) is 3. The molecule has 1 aliphatic heterocycles. The molecule has 4 rings (SSSR count). The quantitative estimate of drug-likeness (QED) is 0.632. The molecule has 0 bridgehead atoms. The molecular formula is C19H16BrN3O4. The summed E-state index contributed by atoms with van der Waals surface area (Å²) in [7, 11) is 1.66. The molecule has 0 saturated carbocycles. The largest absolute Gasteiger partial charge is 0.485 e. The van der Waals surface area contributed by atoms with Gasteiger partial charge >= 0.3 is 0 Å². The van der Waals surface area contributed by atoms with E-state index in [0.717, 1.165) is 10.0 Å². The third-order valence-corrected chi connectivity index (χ3v) is 4.58. The molecule has 1 amide bonds. The number of amides is 1. The molecule has 138 valence electrons. The van der Waals surface area contributed by atoms with E-state index in [9.17, 15) is 4.79 Å². The molecule has 2 aromatic carbocycles. The van der Waals surface area contributed by atoms with Crippen molar-refractivity contribution >= 4 is 21.8 Å². The fourth-order valence-corrected chi connectivity index (χ4v) is 3.13. The van der Waals surface area contributed by atoms with Gasteiger partial charge in [0.25, 0.3) is 5.91 Å². The van der Waals surface area contributed by atoms with Crippen molar-refractivity contribution in [3.05, 3.63) is 58.9 Å². The van der Waals surface area contributed by atoms with Gasteiger partial charge < -0.3 is 18.9 Å². The van der Waals surface area contributed by atoms with Crippen LogP contribution in [0.1, 0.15) is 5.89 Å². The predicted octanol–water partition coefficient (Wildman–Crippen LogP) is 3.30. The summed E-state index contributed by atoms with van der Waals surface area (Å²) >= 11 is 3.42. The standard InChI is InChI=1S/C19H16BrN3O4/c1-23(19(24)16-11-25-14-7-2-3-8-15(14)26-16)10-17-21-18(22-27-17)12-5-4-6-13(20)9-12/h2-9,16H,10-11H2,1H3/t16-/m0/s1. The van der Waals surface area contributed by atoms with Gasteiger partial charge in [0.1, 0.15) is 6.61 Å². The van der Waals surface area contributed by atoms with Crippen LogP contribution in [-0.2, 0) is 11.3 Å². The first-order valence-electron chi connectivity index (χ1n) is 8.32. The summed E-state index contributed by atoms with van der Waals surface area (Å²) in [5, 5.41) is 3.98. The van der Waals surface area contributed by atoms with Crippen molar-refractivity contribution in [2.75, 3.05) is 13.7 Å². The molecule has 7 nitrogen and oxygen atoms in total. The Kier molecular flexibility index (Phi) is 4.81. The first-order valence-corrected chi connectivity index (χ1v) is 9.11. The van der Waals surface area contributed by atoms with Gasteiger partial charge in [-0.1, -0.05) is 45.4 Å². The average molecular weight is 430 g/mol. The second-order valence-electron chi connectivity index (χ2n) is 6.08. The number of hydrogen-bond acceptors (Lipinski definition) is 6. The van der Waals surface area contributed by atoms with Gasteiger partial charge in [-0.05, 0) is 24.3 Å². The van der Waals surface area contributed by atoms with E-state index in [4.69, 9.17) is 14.0 Å². The number of aromatic nitrogens is 2. The van der Waals surface area contributed by atoms with E-state index in [-0.39, 0.29) is 19.1 Å². The summed E-state index contributed by atoms with van der Waals surface area (Å²) in [5.74, 6) is 1.80. The second kappa shape index (κ2) is 7.40. The molecule has 0 unspecified atom stereocenters. The van der Waals surface area contributed by atoms with Crippen LogP contribution in [0.5, 0.6) is 11.5 Å². The van der Waals surface area contributed by atoms with Crippen LogP contribution in [0.4, 0.5) is 0 Å². The highest BCUT2D eigenvalue weighted by Gasteiger charge is 2.30. The topological polar surface area (TPSA) is 77.7 Å². The first-order chi connectivity index (χ1) is 13.1. The van der Waals surface area contributed by atoms with Crippen LogP contribution >= 0.6 is 15.9 Å². The molecule has 1 atom stereocenters. The van der Waals surface area contributed by atoms with Gasteiger partial charge in [-0.15, -0.1) is 0 Å². The van der Waals surface area contributed by atoms with Crippen molar-refractivity contribution in [1.82, 2.24) is 15.0 Å². The highest BCUT2D eigenvalue weighted by Crippen LogP contribution is 2.31. The Morgan fingerprint density at radius 1 is 1.22 bits per heavy atom. The van der Waals surface area contributed by atoms with Gasteiger partial charge in [0.05, 0.1) is 6.54 Å². The zero-order valence-electron chi connectivity index (χ0n) is 14.5. The Morgan fingerprint density at radius 2 is 2.04 bits per heavy atom. The second-order valence-corrected chi connectivity index (χ2v) is 7.00. The lowest BCUT2D eigenvalue weighted by Crippen LogP contribution is -2.44. The smallest absolute Gasteiger partial charge is 0.267 e. The third kappa shape index (κ3) is 3.80. The van der Waals surface area contributed by atoms with E-state index < -0.39 is 6.10 Å². The van der Waals surface area contributed by atoms with Crippen LogP contribution in [-0.4, -0.2) is 40.7 Å². The zero-order chi connectivity index (χ0) is 18.8. The van der Waals surface area contributed by atoms with Gasteiger partial charge in [0.2, 0.25) is 17.8 Å². The number of likely N-dealkylation sites (N-methyl/N-ethyl adjacent to an activating group) is 1. The number of rotatable bonds is 4. The molecule has 2 heterocycles. The van der Waals surface area contributed by atoms with Crippen LogP contribution in [0.3, 0.4) is 0 Å². The van der Waals surface area contributed by atoms with Crippen molar-refractivity contribution < 1.29 is 18.8 Å².